The van der Waals surface area contributed by atoms with Crippen LogP contribution in [0.3, 0.4) is 0 Å². The molecule has 0 saturated heterocycles. The van der Waals surface area contributed by atoms with Crippen LogP contribution in [0.4, 0.5) is 0 Å². The number of benzene rings is 1. The number of nitrogens with zero attached hydrogens (tertiary/aromatic N) is 1. The molecule has 1 N–H and O–H groups in total. The molecule has 1 atom stereocenters. The SMILES string of the molecule is Cc1ccc(C(CNC(=O)C(C)C)Cc2cccnc2)cc1. The zero-order valence-corrected chi connectivity index (χ0v) is 13.5. The van der Waals surface area contributed by atoms with Gasteiger partial charge in [0.25, 0.3) is 0 Å². The lowest BCUT2D eigenvalue weighted by atomic mass is 9.92. The van der Waals surface area contributed by atoms with E-state index in [-0.39, 0.29) is 17.7 Å². The Morgan fingerprint density at radius 2 is 1.91 bits per heavy atom. The Morgan fingerprint density at radius 1 is 1.18 bits per heavy atom. The Hall–Kier alpha value is -2.16. The van der Waals surface area contributed by atoms with Gasteiger partial charge in [0, 0.05) is 30.8 Å². The maximum atomic E-state index is 11.9. The smallest absolute Gasteiger partial charge is 0.222 e. The van der Waals surface area contributed by atoms with Crippen molar-refractivity contribution in [2.45, 2.75) is 33.1 Å². The molecule has 0 aliphatic rings. The fourth-order valence-electron chi connectivity index (χ4n) is 2.38. The molecular formula is C19H24N2O. The number of amides is 1. The molecule has 0 fully saturated rings. The zero-order chi connectivity index (χ0) is 15.9. The number of aromatic nitrogens is 1. The van der Waals surface area contributed by atoms with E-state index in [4.69, 9.17) is 0 Å². The molecule has 0 aliphatic heterocycles. The van der Waals surface area contributed by atoms with Gasteiger partial charge in [-0.25, -0.2) is 0 Å². The highest BCUT2D eigenvalue weighted by molar-refractivity contribution is 5.77. The summed E-state index contributed by atoms with van der Waals surface area (Å²) in [5, 5.41) is 3.06. The number of rotatable bonds is 6. The highest BCUT2D eigenvalue weighted by Crippen LogP contribution is 2.21. The largest absolute Gasteiger partial charge is 0.355 e. The van der Waals surface area contributed by atoms with Crippen molar-refractivity contribution in [1.82, 2.24) is 10.3 Å². The number of nitrogens with one attached hydrogen (secondary N) is 1. The fraction of sp³-hybridized carbons (Fsp3) is 0.368. The molecule has 0 saturated carbocycles. The molecular weight excluding hydrogens is 272 g/mol. The van der Waals surface area contributed by atoms with Crippen molar-refractivity contribution in [3.63, 3.8) is 0 Å². The molecule has 0 spiro atoms. The molecule has 0 bridgehead atoms. The van der Waals surface area contributed by atoms with Gasteiger partial charge in [-0.1, -0.05) is 49.7 Å². The van der Waals surface area contributed by atoms with Crippen molar-refractivity contribution in [2.75, 3.05) is 6.54 Å². The number of hydrogen-bond acceptors (Lipinski definition) is 2. The maximum Gasteiger partial charge on any atom is 0.222 e. The van der Waals surface area contributed by atoms with Gasteiger partial charge in [-0.05, 0) is 30.5 Å². The summed E-state index contributed by atoms with van der Waals surface area (Å²) in [7, 11) is 0. The molecule has 0 radical (unpaired) electrons. The molecule has 0 aliphatic carbocycles. The molecule has 3 heteroatoms. The average Bonchev–Trinajstić information content (AvgIpc) is 2.53. The van der Waals surface area contributed by atoms with Gasteiger partial charge in [0.15, 0.2) is 0 Å². The van der Waals surface area contributed by atoms with Crippen molar-refractivity contribution in [3.05, 3.63) is 65.5 Å². The zero-order valence-electron chi connectivity index (χ0n) is 13.5. The minimum atomic E-state index is 0.0112. The van der Waals surface area contributed by atoms with Crippen LogP contribution in [0.25, 0.3) is 0 Å². The van der Waals surface area contributed by atoms with E-state index < -0.39 is 0 Å². The monoisotopic (exact) mass is 296 g/mol. The minimum absolute atomic E-state index is 0.0112. The van der Waals surface area contributed by atoms with E-state index in [9.17, 15) is 4.79 Å². The molecule has 2 aromatic rings. The van der Waals surface area contributed by atoms with Crippen LogP contribution in [0.1, 0.15) is 36.5 Å². The summed E-state index contributed by atoms with van der Waals surface area (Å²) in [5.74, 6) is 0.368. The first-order valence-corrected chi connectivity index (χ1v) is 7.79. The van der Waals surface area contributed by atoms with Crippen LogP contribution in [-0.4, -0.2) is 17.4 Å². The Bertz CT molecular complexity index is 591. The maximum absolute atomic E-state index is 11.9. The summed E-state index contributed by atoms with van der Waals surface area (Å²) in [5.41, 5.74) is 3.68. The van der Waals surface area contributed by atoms with Gasteiger partial charge < -0.3 is 5.32 Å². The van der Waals surface area contributed by atoms with Gasteiger partial charge in [0.05, 0.1) is 0 Å². The van der Waals surface area contributed by atoms with Gasteiger partial charge in [-0.15, -0.1) is 0 Å². The van der Waals surface area contributed by atoms with E-state index in [1.807, 2.05) is 26.1 Å². The van der Waals surface area contributed by atoms with Crippen LogP contribution in [-0.2, 0) is 11.2 Å². The number of hydrogen-bond donors (Lipinski definition) is 1. The lowest BCUT2D eigenvalue weighted by Crippen LogP contribution is -2.32. The van der Waals surface area contributed by atoms with Crippen molar-refractivity contribution >= 4 is 5.91 Å². The molecule has 1 heterocycles. The van der Waals surface area contributed by atoms with Gasteiger partial charge in [0.1, 0.15) is 0 Å². The van der Waals surface area contributed by atoms with Crippen molar-refractivity contribution < 1.29 is 4.79 Å². The summed E-state index contributed by atoms with van der Waals surface area (Å²) in [6, 6.07) is 12.6. The number of carbonyl (C=O) groups is 1. The number of aryl methyl sites for hydroxylation is 1. The molecule has 116 valence electrons. The van der Waals surface area contributed by atoms with Crippen LogP contribution < -0.4 is 5.32 Å². The molecule has 22 heavy (non-hydrogen) atoms. The second-order valence-electron chi connectivity index (χ2n) is 6.07. The van der Waals surface area contributed by atoms with E-state index in [1.54, 1.807) is 6.20 Å². The van der Waals surface area contributed by atoms with Crippen LogP contribution in [0.15, 0.2) is 48.8 Å². The Kier molecular flexibility index (Phi) is 5.70. The fourth-order valence-corrected chi connectivity index (χ4v) is 2.38. The Morgan fingerprint density at radius 3 is 2.50 bits per heavy atom. The predicted molar refractivity (Wildman–Crippen MR) is 89.7 cm³/mol. The lowest BCUT2D eigenvalue weighted by Gasteiger charge is -2.19. The predicted octanol–water partition coefficient (Wildman–Crippen LogP) is 3.49. The third kappa shape index (κ3) is 4.69. The van der Waals surface area contributed by atoms with Crippen LogP contribution in [0, 0.1) is 12.8 Å². The van der Waals surface area contributed by atoms with Crippen LogP contribution >= 0.6 is 0 Å². The van der Waals surface area contributed by atoms with Gasteiger partial charge >= 0.3 is 0 Å². The normalized spacial score (nSPS) is 12.2. The Balaban J connectivity index is 2.13. The second kappa shape index (κ2) is 7.74. The van der Waals surface area contributed by atoms with Crippen LogP contribution in [0.5, 0.6) is 0 Å². The standard InChI is InChI=1S/C19H24N2O/c1-14(2)19(22)21-13-18(11-16-5-4-10-20-12-16)17-8-6-15(3)7-9-17/h4-10,12,14,18H,11,13H2,1-3H3,(H,21,22). The summed E-state index contributed by atoms with van der Waals surface area (Å²) < 4.78 is 0. The average molecular weight is 296 g/mol. The third-order valence-corrected chi connectivity index (χ3v) is 3.80. The first-order chi connectivity index (χ1) is 10.6. The number of carbonyl (C=O) groups excluding carboxylic acids is 1. The van der Waals surface area contributed by atoms with E-state index in [0.29, 0.717) is 6.54 Å². The minimum Gasteiger partial charge on any atom is -0.355 e. The van der Waals surface area contributed by atoms with E-state index in [0.717, 1.165) is 6.42 Å². The highest BCUT2D eigenvalue weighted by atomic mass is 16.1. The molecule has 1 aromatic carbocycles. The molecule has 2 rings (SSSR count). The molecule has 1 amide bonds. The first-order valence-electron chi connectivity index (χ1n) is 7.79. The summed E-state index contributed by atoms with van der Waals surface area (Å²) in [6.07, 6.45) is 4.55. The van der Waals surface area contributed by atoms with Crippen molar-refractivity contribution in [1.29, 1.82) is 0 Å². The van der Waals surface area contributed by atoms with Crippen molar-refractivity contribution in [3.8, 4) is 0 Å². The summed E-state index contributed by atoms with van der Waals surface area (Å²) >= 11 is 0. The molecule has 1 aromatic heterocycles. The van der Waals surface area contributed by atoms with E-state index >= 15 is 0 Å². The molecule has 3 nitrogen and oxygen atoms in total. The summed E-state index contributed by atoms with van der Waals surface area (Å²) in [4.78, 5) is 16.0. The van der Waals surface area contributed by atoms with Crippen molar-refractivity contribution in [2.24, 2.45) is 5.92 Å². The van der Waals surface area contributed by atoms with Gasteiger partial charge in [-0.3, -0.25) is 9.78 Å². The Labute approximate surface area is 132 Å². The highest BCUT2D eigenvalue weighted by Gasteiger charge is 2.15. The molecule has 1 unspecified atom stereocenters. The van der Waals surface area contributed by atoms with Crippen LogP contribution in [0.2, 0.25) is 0 Å². The van der Waals surface area contributed by atoms with E-state index in [1.165, 1.54) is 16.7 Å². The lowest BCUT2D eigenvalue weighted by molar-refractivity contribution is -0.124. The summed E-state index contributed by atoms with van der Waals surface area (Å²) in [6.45, 7) is 6.56. The quantitative estimate of drug-likeness (QED) is 0.886. The second-order valence-corrected chi connectivity index (χ2v) is 6.07. The first kappa shape index (κ1) is 16.2. The van der Waals surface area contributed by atoms with E-state index in [2.05, 4.69) is 47.6 Å². The number of pyridine rings is 1. The van der Waals surface area contributed by atoms with Gasteiger partial charge in [-0.2, -0.15) is 0 Å². The topological polar surface area (TPSA) is 42.0 Å². The third-order valence-electron chi connectivity index (χ3n) is 3.80. The van der Waals surface area contributed by atoms with Gasteiger partial charge in [0.2, 0.25) is 5.91 Å².